The Kier molecular flexibility index (Phi) is 4.02. The van der Waals surface area contributed by atoms with Crippen LogP contribution in [0.2, 0.25) is 0 Å². The molecule has 0 N–H and O–H groups in total. The van der Waals surface area contributed by atoms with E-state index >= 15 is 0 Å². The third-order valence-corrected chi connectivity index (χ3v) is 3.21. The smallest absolute Gasteiger partial charge is 0.417 e. The maximum atomic E-state index is 13.2. The highest BCUT2D eigenvalue weighted by atomic mass is 19.4. The van der Waals surface area contributed by atoms with Crippen molar-refractivity contribution < 1.29 is 17.9 Å². The van der Waals surface area contributed by atoms with E-state index in [1.54, 1.807) is 30.3 Å². The molecule has 2 rings (SSSR count). The van der Waals surface area contributed by atoms with Gasteiger partial charge < -0.3 is 4.74 Å². The number of halogens is 3. The zero-order valence-corrected chi connectivity index (χ0v) is 11.3. The van der Waals surface area contributed by atoms with Gasteiger partial charge >= 0.3 is 6.18 Å². The lowest BCUT2D eigenvalue weighted by Gasteiger charge is -2.19. The number of ether oxygens (including phenoxy) is 1. The molecule has 0 aliphatic carbocycles. The standard InChI is InChI=1S/C16H15F3O/c1-3-12-14(20-2)10-9-13(16(17,18)19)15(12)11-7-5-4-6-8-11/h4-10H,3H2,1-2H3. The lowest BCUT2D eigenvalue weighted by Crippen LogP contribution is -2.09. The second kappa shape index (κ2) is 5.57. The zero-order chi connectivity index (χ0) is 14.8. The number of alkyl halides is 3. The number of hydrogen-bond acceptors (Lipinski definition) is 1. The molecular weight excluding hydrogens is 265 g/mol. The molecule has 0 atom stereocenters. The van der Waals surface area contributed by atoms with Crippen LogP contribution >= 0.6 is 0 Å². The summed E-state index contributed by atoms with van der Waals surface area (Å²) in [5, 5.41) is 0. The first-order valence-corrected chi connectivity index (χ1v) is 6.31. The van der Waals surface area contributed by atoms with Gasteiger partial charge in [-0.05, 0) is 24.1 Å². The molecule has 1 nitrogen and oxygen atoms in total. The van der Waals surface area contributed by atoms with Crippen LogP contribution in [0.5, 0.6) is 5.75 Å². The second-order valence-corrected chi connectivity index (χ2v) is 4.39. The van der Waals surface area contributed by atoms with Crippen molar-refractivity contribution in [3.8, 4) is 16.9 Å². The Hall–Kier alpha value is -1.97. The summed E-state index contributed by atoms with van der Waals surface area (Å²) >= 11 is 0. The molecule has 20 heavy (non-hydrogen) atoms. The topological polar surface area (TPSA) is 9.23 Å². The van der Waals surface area contributed by atoms with Crippen LogP contribution in [0.1, 0.15) is 18.1 Å². The Morgan fingerprint density at radius 3 is 2.15 bits per heavy atom. The fourth-order valence-electron chi connectivity index (χ4n) is 2.34. The van der Waals surface area contributed by atoms with E-state index in [0.717, 1.165) is 6.07 Å². The molecule has 2 aromatic carbocycles. The third kappa shape index (κ3) is 2.64. The highest BCUT2D eigenvalue weighted by Gasteiger charge is 2.35. The van der Waals surface area contributed by atoms with Gasteiger partial charge in [0.2, 0.25) is 0 Å². The normalized spacial score (nSPS) is 11.4. The van der Waals surface area contributed by atoms with Crippen molar-refractivity contribution in [3.63, 3.8) is 0 Å². The molecule has 0 aliphatic heterocycles. The van der Waals surface area contributed by atoms with Crippen LogP contribution < -0.4 is 4.74 Å². The molecule has 106 valence electrons. The molecule has 0 saturated carbocycles. The van der Waals surface area contributed by atoms with E-state index in [9.17, 15) is 13.2 Å². The van der Waals surface area contributed by atoms with Gasteiger partial charge in [0.05, 0.1) is 12.7 Å². The van der Waals surface area contributed by atoms with Crippen molar-refractivity contribution in [1.29, 1.82) is 0 Å². The molecule has 0 amide bonds. The molecule has 0 aliphatic rings. The summed E-state index contributed by atoms with van der Waals surface area (Å²) < 4.78 is 44.9. The molecule has 0 bridgehead atoms. The van der Waals surface area contributed by atoms with Gasteiger partial charge in [-0.3, -0.25) is 0 Å². The predicted molar refractivity (Wildman–Crippen MR) is 72.8 cm³/mol. The van der Waals surface area contributed by atoms with Crippen molar-refractivity contribution >= 4 is 0 Å². The molecule has 0 radical (unpaired) electrons. The first-order chi connectivity index (χ1) is 9.49. The second-order valence-electron chi connectivity index (χ2n) is 4.39. The summed E-state index contributed by atoms with van der Waals surface area (Å²) in [6.07, 6.45) is -3.92. The Balaban J connectivity index is 2.79. The van der Waals surface area contributed by atoms with Gasteiger partial charge in [0, 0.05) is 11.1 Å². The molecular formula is C16H15F3O. The van der Waals surface area contributed by atoms with Crippen molar-refractivity contribution in [2.75, 3.05) is 7.11 Å². The predicted octanol–water partition coefficient (Wildman–Crippen LogP) is 4.94. The zero-order valence-electron chi connectivity index (χ0n) is 11.3. The lowest BCUT2D eigenvalue weighted by molar-refractivity contribution is -0.137. The summed E-state index contributed by atoms with van der Waals surface area (Å²) in [4.78, 5) is 0. The van der Waals surface area contributed by atoms with Crippen LogP contribution in [0.15, 0.2) is 42.5 Å². The maximum absolute atomic E-state index is 13.2. The van der Waals surface area contributed by atoms with Crippen LogP contribution in [0, 0.1) is 0 Å². The van der Waals surface area contributed by atoms with E-state index in [-0.39, 0.29) is 5.56 Å². The van der Waals surface area contributed by atoms with E-state index in [4.69, 9.17) is 4.74 Å². The fraction of sp³-hybridized carbons (Fsp3) is 0.250. The summed E-state index contributed by atoms with van der Waals surface area (Å²) in [7, 11) is 1.47. The van der Waals surface area contributed by atoms with E-state index in [2.05, 4.69) is 0 Å². The minimum atomic E-state index is -4.39. The molecule has 0 heterocycles. The maximum Gasteiger partial charge on any atom is 0.417 e. The number of benzene rings is 2. The Bertz CT molecular complexity index is 589. The Labute approximate surface area is 116 Å². The Morgan fingerprint density at radius 1 is 1.00 bits per heavy atom. The summed E-state index contributed by atoms with van der Waals surface area (Å²) in [5.41, 5.74) is 0.713. The van der Waals surface area contributed by atoms with Gasteiger partial charge in [-0.15, -0.1) is 0 Å². The Morgan fingerprint density at radius 2 is 1.65 bits per heavy atom. The molecule has 0 unspecified atom stereocenters. The van der Waals surface area contributed by atoms with Crippen LogP contribution in [0.3, 0.4) is 0 Å². The highest BCUT2D eigenvalue weighted by Crippen LogP contribution is 2.42. The van der Waals surface area contributed by atoms with E-state index in [1.165, 1.54) is 13.2 Å². The summed E-state index contributed by atoms with van der Waals surface area (Å²) in [6.45, 7) is 1.82. The van der Waals surface area contributed by atoms with Gasteiger partial charge in [0.25, 0.3) is 0 Å². The molecule has 2 aromatic rings. The minimum Gasteiger partial charge on any atom is -0.496 e. The van der Waals surface area contributed by atoms with Crippen molar-refractivity contribution in [1.82, 2.24) is 0 Å². The van der Waals surface area contributed by atoms with Gasteiger partial charge in [-0.2, -0.15) is 13.2 Å². The van der Waals surface area contributed by atoms with Crippen LogP contribution in [0.4, 0.5) is 13.2 Å². The van der Waals surface area contributed by atoms with E-state index in [1.807, 2.05) is 6.92 Å². The van der Waals surface area contributed by atoms with Crippen molar-refractivity contribution in [3.05, 3.63) is 53.6 Å². The van der Waals surface area contributed by atoms with Crippen molar-refractivity contribution in [2.45, 2.75) is 19.5 Å². The average molecular weight is 280 g/mol. The van der Waals surface area contributed by atoms with E-state index < -0.39 is 11.7 Å². The number of hydrogen-bond donors (Lipinski definition) is 0. The molecule has 4 heteroatoms. The number of methoxy groups -OCH3 is 1. The first-order valence-electron chi connectivity index (χ1n) is 6.31. The summed E-state index contributed by atoms with van der Waals surface area (Å²) in [6, 6.07) is 11.1. The quantitative estimate of drug-likeness (QED) is 0.773. The molecule has 0 spiro atoms. The fourth-order valence-corrected chi connectivity index (χ4v) is 2.34. The molecule has 0 aromatic heterocycles. The third-order valence-electron chi connectivity index (χ3n) is 3.21. The van der Waals surface area contributed by atoms with Crippen LogP contribution in [-0.2, 0) is 12.6 Å². The number of rotatable bonds is 3. The van der Waals surface area contributed by atoms with Crippen LogP contribution in [0.25, 0.3) is 11.1 Å². The van der Waals surface area contributed by atoms with Gasteiger partial charge in [-0.1, -0.05) is 37.3 Å². The van der Waals surface area contributed by atoms with Gasteiger partial charge in [0.15, 0.2) is 0 Å². The van der Waals surface area contributed by atoms with Crippen molar-refractivity contribution in [2.24, 2.45) is 0 Å². The SMILES string of the molecule is CCc1c(OC)ccc(C(F)(F)F)c1-c1ccccc1. The minimum absolute atomic E-state index is 0.208. The van der Waals surface area contributed by atoms with Gasteiger partial charge in [-0.25, -0.2) is 0 Å². The average Bonchev–Trinajstić information content (AvgIpc) is 2.45. The molecule has 0 saturated heterocycles. The summed E-state index contributed by atoms with van der Waals surface area (Å²) in [5.74, 6) is 0.486. The lowest BCUT2D eigenvalue weighted by atomic mass is 9.92. The highest BCUT2D eigenvalue weighted by molar-refractivity contribution is 5.74. The van der Waals surface area contributed by atoms with Crippen LogP contribution in [-0.4, -0.2) is 7.11 Å². The first kappa shape index (κ1) is 14.4. The largest absolute Gasteiger partial charge is 0.496 e. The van der Waals surface area contributed by atoms with E-state index in [0.29, 0.717) is 23.3 Å². The molecule has 0 fully saturated rings. The van der Waals surface area contributed by atoms with Gasteiger partial charge in [0.1, 0.15) is 5.75 Å². The monoisotopic (exact) mass is 280 g/mol.